The van der Waals surface area contributed by atoms with Crippen molar-refractivity contribution in [3.8, 4) is 11.5 Å². The van der Waals surface area contributed by atoms with Crippen molar-refractivity contribution in [2.24, 2.45) is 0 Å². The third-order valence-corrected chi connectivity index (χ3v) is 3.74. The quantitative estimate of drug-likeness (QED) is 0.810. The molecule has 2 aromatic carbocycles. The van der Waals surface area contributed by atoms with Crippen molar-refractivity contribution < 1.29 is 14.3 Å². The summed E-state index contributed by atoms with van der Waals surface area (Å²) in [6, 6.07) is 14.7. The van der Waals surface area contributed by atoms with Gasteiger partial charge in [0.05, 0.1) is 24.4 Å². The van der Waals surface area contributed by atoms with Gasteiger partial charge in [-0.15, -0.1) is 0 Å². The first-order valence-electron chi connectivity index (χ1n) is 8.31. The Kier molecular flexibility index (Phi) is 5.91. The standard InChI is InChI=1S/C20H26N2O3/c1-14(2)25-18-9-7-6-8-17(18)21-19(23)22-20(3,4)15-10-12-16(24-5)13-11-15/h6-14H,1-5H3,(H2,21,22,23). The smallest absolute Gasteiger partial charge is 0.320 e. The van der Waals surface area contributed by atoms with Crippen LogP contribution in [0.1, 0.15) is 33.3 Å². The number of ether oxygens (including phenoxy) is 2. The number of anilines is 1. The molecule has 0 fully saturated rings. The second kappa shape index (κ2) is 7.92. The van der Waals surface area contributed by atoms with Gasteiger partial charge in [-0.1, -0.05) is 24.3 Å². The molecule has 134 valence electrons. The van der Waals surface area contributed by atoms with E-state index in [0.717, 1.165) is 11.3 Å². The summed E-state index contributed by atoms with van der Waals surface area (Å²) < 4.78 is 10.9. The number of benzene rings is 2. The van der Waals surface area contributed by atoms with Gasteiger partial charge in [0.2, 0.25) is 0 Å². The summed E-state index contributed by atoms with van der Waals surface area (Å²) in [5.74, 6) is 1.43. The number of methoxy groups -OCH3 is 1. The second-order valence-corrected chi connectivity index (χ2v) is 6.60. The predicted molar refractivity (Wildman–Crippen MR) is 100 cm³/mol. The van der Waals surface area contributed by atoms with Gasteiger partial charge >= 0.3 is 6.03 Å². The topological polar surface area (TPSA) is 59.6 Å². The minimum absolute atomic E-state index is 0.0294. The molecule has 0 bridgehead atoms. The number of carbonyl (C=O) groups is 1. The fourth-order valence-electron chi connectivity index (χ4n) is 2.44. The van der Waals surface area contributed by atoms with Gasteiger partial charge in [0.15, 0.2) is 0 Å². The molecule has 5 heteroatoms. The molecule has 0 atom stereocenters. The molecule has 0 radical (unpaired) electrons. The van der Waals surface area contributed by atoms with E-state index in [1.54, 1.807) is 7.11 Å². The van der Waals surface area contributed by atoms with Crippen molar-refractivity contribution in [3.63, 3.8) is 0 Å². The zero-order chi connectivity index (χ0) is 18.4. The highest BCUT2D eigenvalue weighted by Gasteiger charge is 2.23. The lowest BCUT2D eigenvalue weighted by Gasteiger charge is -2.27. The van der Waals surface area contributed by atoms with Gasteiger partial charge in [-0.3, -0.25) is 0 Å². The summed E-state index contributed by atoms with van der Waals surface area (Å²) in [5, 5.41) is 5.86. The largest absolute Gasteiger partial charge is 0.497 e. The van der Waals surface area contributed by atoms with Gasteiger partial charge in [0.1, 0.15) is 11.5 Å². The van der Waals surface area contributed by atoms with Gasteiger partial charge in [-0.05, 0) is 57.5 Å². The second-order valence-electron chi connectivity index (χ2n) is 6.60. The van der Waals surface area contributed by atoms with E-state index < -0.39 is 5.54 Å². The third kappa shape index (κ3) is 5.14. The molecule has 0 heterocycles. The number of nitrogens with one attached hydrogen (secondary N) is 2. The van der Waals surface area contributed by atoms with Crippen LogP contribution in [0.25, 0.3) is 0 Å². The number of amides is 2. The molecule has 2 rings (SSSR count). The number of carbonyl (C=O) groups excluding carboxylic acids is 1. The Hall–Kier alpha value is -2.69. The van der Waals surface area contributed by atoms with Gasteiger partial charge in [-0.25, -0.2) is 4.79 Å². The van der Waals surface area contributed by atoms with Gasteiger partial charge in [-0.2, -0.15) is 0 Å². The van der Waals surface area contributed by atoms with Gasteiger partial charge < -0.3 is 20.1 Å². The van der Waals surface area contributed by atoms with Crippen LogP contribution in [0.2, 0.25) is 0 Å². The molecule has 2 N–H and O–H groups in total. The van der Waals surface area contributed by atoms with E-state index in [9.17, 15) is 4.79 Å². The number of hydrogen-bond acceptors (Lipinski definition) is 3. The van der Waals surface area contributed by atoms with Crippen molar-refractivity contribution in [1.82, 2.24) is 5.32 Å². The lowest BCUT2D eigenvalue weighted by Crippen LogP contribution is -2.43. The maximum atomic E-state index is 12.5. The Morgan fingerprint density at radius 2 is 1.68 bits per heavy atom. The van der Waals surface area contributed by atoms with Crippen molar-refractivity contribution in [1.29, 1.82) is 0 Å². The van der Waals surface area contributed by atoms with Crippen LogP contribution in [-0.4, -0.2) is 19.2 Å². The molecule has 0 saturated carbocycles. The molecular weight excluding hydrogens is 316 g/mol. The van der Waals surface area contributed by atoms with Crippen LogP contribution in [0.5, 0.6) is 11.5 Å². The summed E-state index contributed by atoms with van der Waals surface area (Å²) in [4.78, 5) is 12.5. The summed E-state index contributed by atoms with van der Waals surface area (Å²) in [5.41, 5.74) is 1.08. The molecule has 2 amide bonds. The first kappa shape index (κ1) is 18.6. The van der Waals surface area contributed by atoms with Crippen LogP contribution >= 0.6 is 0 Å². The molecule has 0 aliphatic heterocycles. The Balaban J connectivity index is 2.08. The SMILES string of the molecule is COc1ccc(C(C)(C)NC(=O)Nc2ccccc2OC(C)C)cc1. The first-order valence-corrected chi connectivity index (χ1v) is 8.31. The third-order valence-electron chi connectivity index (χ3n) is 3.74. The highest BCUT2D eigenvalue weighted by atomic mass is 16.5. The average Bonchev–Trinajstić information content (AvgIpc) is 2.55. The number of urea groups is 1. The lowest BCUT2D eigenvalue weighted by molar-refractivity contribution is 0.238. The van der Waals surface area contributed by atoms with E-state index >= 15 is 0 Å². The highest BCUT2D eigenvalue weighted by molar-refractivity contribution is 5.91. The molecule has 0 spiro atoms. The minimum Gasteiger partial charge on any atom is -0.497 e. The first-order chi connectivity index (χ1) is 11.8. The molecule has 0 saturated heterocycles. The maximum Gasteiger partial charge on any atom is 0.320 e. The summed E-state index contributed by atoms with van der Waals surface area (Å²) in [6.07, 6.45) is 0.0294. The summed E-state index contributed by atoms with van der Waals surface area (Å²) in [7, 11) is 1.63. The van der Waals surface area contributed by atoms with Crippen LogP contribution in [0.4, 0.5) is 10.5 Å². The van der Waals surface area contributed by atoms with Crippen LogP contribution in [0.3, 0.4) is 0 Å². The Morgan fingerprint density at radius 1 is 1.04 bits per heavy atom. The van der Waals surface area contributed by atoms with Crippen LogP contribution < -0.4 is 20.1 Å². The van der Waals surface area contributed by atoms with E-state index in [2.05, 4.69) is 10.6 Å². The summed E-state index contributed by atoms with van der Waals surface area (Å²) in [6.45, 7) is 7.79. The molecule has 0 aliphatic carbocycles. The lowest BCUT2D eigenvalue weighted by atomic mass is 9.94. The van der Waals surface area contributed by atoms with E-state index in [1.165, 1.54) is 0 Å². The fourth-order valence-corrected chi connectivity index (χ4v) is 2.44. The Bertz CT molecular complexity index is 709. The van der Waals surface area contributed by atoms with Crippen LogP contribution in [-0.2, 0) is 5.54 Å². The zero-order valence-corrected chi connectivity index (χ0v) is 15.4. The zero-order valence-electron chi connectivity index (χ0n) is 15.4. The van der Waals surface area contributed by atoms with E-state index in [1.807, 2.05) is 76.2 Å². The molecule has 5 nitrogen and oxygen atoms in total. The monoisotopic (exact) mass is 342 g/mol. The predicted octanol–water partition coefficient (Wildman–Crippen LogP) is 4.54. The minimum atomic E-state index is -0.537. The fraction of sp³-hybridized carbons (Fsp3) is 0.350. The Morgan fingerprint density at radius 3 is 2.28 bits per heavy atom. The van der Waals surface area contributed by atoms with E-state index in [-0.39, 0.29) is 12.1 Å². The summed E-state index contributed by atoms with van der Waals surface area (Å²) >= 11 is 0. The van der Waals surface area contributed by atoms with Crippen molar-refractivity contribution in [2.75, 3.05) is 12.4 Å². The normalized spacial score (nSPS) is 11.1. The molecule has 0 aromatic heterocycles. The maximum absolute atomic E-state index is 12.5. The van der Waals surface area contributed by atoms with E-state index in [0.29, 0.717) is 11.4 Å². The number of para-hydroxylation sites is 2. The van der Waals surface area contributed by atoms with Crippen molar-refractivity contribution in [2.45, 2.75) is 39.3 Å². The number of rotatable bonds is 6. The molecule has 0 aliphatic rings. The van der Waals surface area contributed by atoms with Crippen LogP contribution in [0, 0.1) is 0 Å². The average molecular weight is 342 g/mol. The number of hydrogen-bond donors (Lipinski definition) is 2. The van der Waals surface area contributed by atoms with Crippen LogP contribution in [0.15, 0.2) is 48.5 Å². The Labute approximate surface area is 149 Å². The van der Waals surface area contributed by atoms with Gasteiger partial charge in [0, 0.05) is 0 Å². The molecule has 25 heavy (non-hydrogen) atoms. The van der Waals surface area contributed by atoms with Gasteiger partial charge in [0.25, 0.3) is 0 Å². The molecular formula is C20H26N2O3. The molecule has 0 unspecified atom stereocenters. The van der Waals surface area contributed by atoms with E-state index in [4.69, 9.17) is 9.47 Å². The highest BCUT2D eigenvalue weighted by Crippen LogP contribution is 2.26. The molecule has 2 aromatic rings. The van der Waals surface area contributed by atoms with Crippen molar-refractivity contribution >= 4 is 11.7 Å². The van der Waals surface area contributed by atoms with Crippen molar-refractivity contribution in [3.05, 3.63) is 54.1 Å².